The predicted molar refractivity (Wildman–Crippen MR) is 102 cm³/mol. The summed E-state index contributed by atoms with van der Waals surface area (Å²) < 4.78 is 11.9. The maximum atomic E-state index is 12.6. The van der Waals surface area contributed by atoms with Crippen molar-refractivity contribution in [1.29, 1.82) is 0 Å². The molecule has 0 fully saturated rings. The second-order valence-electron chi connectivity index (χ2n) is 6.80. The van der Waals surface area contributed by atoms with E-state index < -0.39 is 0 Å². The highest BCUT2D eigenvalue weighted by Crippen LogP contribution is 2.33. The second kappa shape index (κ2) is 7.93. The van der Waals surface area contributed by atoms with Gasteiger partial charge in [-0.25, -0.2) is 0 Å². The molecule has 0 spiro atoms. The Morgan fingerprint density at radius 3 is 3.07 bits per heavy atom. The van der Waals surface area contributed by atoms with Gasteiger partial charge in [-0.2, -0.15) is 10.1 Å². The Bertz CT molecular complexity index is 978. The molecule has 1 N–H and O–H groups in total. The number of carbonyl (C=O) groups is 1. The largest absolute Gasteiger partial charge is 0.383 e. The van der Waals surface area contributed by atoms with E-state index in [2.05, 4.69) is 26.6 Å². The van der Waals surface area contributed by atoms with Crippen LogP contribution in [0.2, 0.25) is 0 Å². The van der Waals surface area contributed by atoms with Gasteiger partial charge in [0.15, 0.2) is 0 Å². The minimum Gasteiger partial charge on any atom is -0.383 e. The quantitative estimate of drug-likeness (QED) is 0.676. The van der Waals surface area contributed by atoms with E-state index >= 15 is 0 Å². The molecule has 28 heavy (non-hydrogen) atoms. The Kier molecular flexibility index (Phi) is 5.21. The molecule has 1 amide bonds. The summed E-state index contributed by atoms with van der Waals surface area (Å²) in [5.41, 5.74) is 3.69. The highest BCUT2D eigenvalue weighted by atomic mass is 16.5. The zero-order chi connectivity index (χ0) is 19.5. The molecule has 8 nitrogen and oxygen atoms in total. The number of aryl methyl sites for hydroxylation is 2. The van der Waals surface area contributed by atoms with Crippen molar-refractivity contribution in [2.45, 2.75) is 38.8 Å². The Labute approximate surface area is 162 Å². The molecule has 146 valence electrons. The number of fused-ring (bicyclic) bond motifs is 1. The Morgan fingerprint density at radius 2 is 2.29 bits per heavy atom. The van der Waals surface area contributed by atoms with Gasteiger partial charge in [0, 0.05) is 25.3 Å². The maximum Gasteiger partial charge on any atom is 0.272 e. The summed E-state index contributed by atoms with van der Waals surface area (Å²) in [4.78, 5) is 17.0. The van der Waals surface area contributed by atoms with Gasteiger partial charge in [0.05, 0.1) is 19.2 Å². The van der Waals surface area contributed by atoms with Gasteiger partial charge in [0.2, 0.25) is 11.7 Å². The number of hydrogen-bond donors (Lipinski definition) is 1. The molecule has 4 rings (SSSR count). The predicted octanol–water partition coefficient (Wildman–Crippen LogP) is 2.56. The molecule has 0 saturated carbocycles. The van der Waals surface area contributed by atoms with E-state index in [1.165, 1.54) is 5.56 Å². The summed E-state index contributed by atoms with van der Waals surface area (Å²) in [6.07, 6.45) is 4.27. The number of hydrogen-bond acceptors (Lipinski definition) is 6. The molecule has 1 aliphatic rings. The van der Waals surface area contributed by atoms with Crippen LogP contribution in [0.5, 0.6) is 0 Å². The minimum atomic E-state index is -0.163. The van der Waals surface area contributed by atoms with Gasteiger partial charge in [-0.15, -0.1) is 0 Å². The van der Waals surface area contributed by atoms with Crippen LogP contribution < -0.4 is 5.32 Å². The van der Waals surface area contributed by atoms with Crippen molar-refractivity contribution in [3.8, 4) is 11.4 Å². The number of nitrogens with one attached hydrogen (secondary N) is 1. The average molecular weight is 381 g/mol. The van der Waals surface area contributed by atoms with E-state index in [1.807, 2.05) is 19.1 Å². The molecule has 0 aliphatic heterocycles. The number of rotatable bonds is 7. The van der Waals surface area contributed by atoms with Gasteiger partial charge < -0.3 is 14.6 Å². The average Bonchev–Trinajstić information content (AvgIpc) is 3.45. The topological polar surface area (TPSA) is 95.1 Å². The number of nitrogens with zero attached hydrogens (tertiary/aromatic N) is 4. The number of methoxy groups -OCH3 is 1. The SMILES string of the molecule is CCc1nc(-c2ccc3c(c2)CCC3NC(=O)c2ccn(CCOC)n2)no1. The molecule has 2 aromatic heterocycles. The third kappa shape index (κ3) is 3.68. The van der Waals surface area contributed by atoms with Crippen LogP contribution in [0.1, 0.15) is 46.9 Å². The number of ether oxygens (including phenoxy) is 1. The van der Waals surface area contributed by atoms with Crippen molar-refractivity contribution < 1.29 is 14.1 Å². The van der Waals surface area contributed by atoms with Crippen LogP contribution >= 0.6 is 0 Å². The zero-order valence-corrected chi connectivity index (χ0v) is 16.0. The Balaban J connectivity index is 1.45. The van der Waals surface area contributed by atoms with Crippen LogP contribution in [-0.2, 0) is 24.1 Å². The van der Waals surface area contributed by atoms with E-state index in [9.17, 15) is 4.79 Å². The van der Waals surface area contributed by atoms with E-state index in [0.29, 0.717) is 37.0 Å². The first-order valence-corrected chi connectivity index (χ1v) is 9.47. The van der Waals surface area contributed by atoms with Crippen LogP contribution in [0, 0.1) is 0 Å². The summed E-state index contributed by atoms with van der Waals surface area (Å²) in [6, 6.07) is 7.82. The van der Waals surface area contributed by atoms with Crippen LogP contribution in [0.4, 0.5) is 0 Å². The molecule has 0 saturated heterocycles. The van der Waals surface area contributed by atoms with Gasteiger partial charge in [-0.05, 0) is 36.1 Å². The van der Waals surface area contributed by atoms with Crippen LogP contribution in [0.3, 0.4) is 0 Å². The lowest BCUT2D eigenvalue weighted by Gasteiger charge is -2.13. The summed E-state index contributed by atoms with van der Waals surface area (Å²) in [5, 5.41) is 11.4. The Hall–Kier alpha value is -3.00. The smallest absolute Gasteiger partial charge is 0.272 e. The molecule has 1 unspecified atom stereocenters. The van der Waals surface area contributed by atoms with Crippen LogP contribution in [0.15, 0.2) is 35.0 Å². The summed E-state index contributed by atoms with van der Waals surface area (Å²) in [6.45, 7) is 3.16. The lowest BCUT2D eigenvalue weighted by Crippen LogP contribution is -2.27. The van der Waals surface area contributed by atoms with Crippen molar-refractivity contribution in [2.24, 2.45) is 0 Å². The molecule has 1 aliphatic carbocycles. The fourth-order valence-electron chi connectivity index (χ4n) is 3.45. The Morgan fingerprint density at radius 1 is 1.39 bits per heavy atom. The van der Waals surface area contributed by atoms with Gasteiger partial charge >= 0.3 is 0 Å². The lowest BCUT2D eigenvalue weighted by atomic mass is 10.0. The van der Waals surface area contributed by atoms with E-state index in [-0.39, 0.29) is 11.9 Å². The monoisotopic (exact) mass is 381 g/mol. The highest BCUT2D eigenvalue weighted by Gasteiger charge is 2.26. The molecular weight excluding hydrogens is 358 g/mol. The maximum absolute atomic E-state index is 12.6. The molecule has 3 aromatic rings. The van der Waals surface area contributed by atoms with Crippen LogP contribution in [-0.4, -0.2) is 39.5 Å². The summed E-state index contributed by atoms with van der Waals surface area (Å²) in [5.74, 6) is 1.07. The highest BCUT2D eigenvalue weighted by molar-refractivity contribution is 5.92. The summed E-state index contributed by atoms with van der Waals surface area (Å²) in [7, 11) is 1.64. The number of aromatic nitrogens is 4. The number of carbonyl (C=O) groups excluding carboxylic acids is 1. The van der Waals surface area contributed by atoms with Crippen molar-refractivity contribution in [1.82, 2.24) is 25.2 Å². The zero-order valence-electron chi connectivity index (χ0n) is 16.0. The third-order valence-electron chi connectivity index (χ3n) is 4.95. The molecule has 8 heteroatoms. The molecular formula is C20H23N5O3. The van der Waals surface area contributed by atoms with E-state index in [1.54, 1.807) is 24.1 Å². The van der Waals surface area contributed by atoms with Crippen molar-refractivity contribution >= 4 is 5.91 Å². The van der Waals surface area contributed by atoms with E-state index in [4.69, 9.17) is 9.26 Å². The third-order valence-corrected chi connectivity index (χ3v) is 4.95. The fourth-order valence-corrected chi connectivity index (χ4v) is 3.45. The first-order valence-electron chi connectivity index (χ1n) is 9.47. The molecule has 0 radical (unpaired) electrons. The molecule has 2 heterocycles. The number of amides is 1. The molecule has 1 aromatic carbocycles. The summed E-state index contributed by atoms with van der Waals surface area (Å²) >= 11 is 0. The molecule has 1 atom stereocenters. The van der Waals surface area contributed by atoms with Crippen molar-refractivity contribution in [3.63, 3.8) is 0 Å². The van der Waals surface area contributed by atoms with Crippen LogP contribution in [0.25, 0.3) is 11.4 Å². The first-order chi connectivity index (χ1) is 13.7. The molecule has 0 bridgehead atoms. The standard InChI is InChI=1S/C20H23N5O3/c1-3-18-22-19(24-28-18)14-4-6-15-13(12-14)5-7-16(15)21-20(26)17-8-9-25(23-17)10-11-27-2/h4,6,8-9,12,16H,3,5,7,10-11H2,1-2H3,(H,21,26). The minimum absolute atomic E-state index is 0.0165. The van der Waals surface area contributed by atoms with E-state index in [0.717, 1.165) is 24.0 Å². The normalized spacial score (nSPS) is 15.6. The van der Waals surface area contributed by atoms with Crippen molar-refractivity contribution in [3.05, 3.63) is 53.2 Å². The first kappa shape index (κ1) is 18.4. The number of benzene rings is 1. The van der Waals surface area contributed by atoms with Gasteiger partial charge in [0.25, 0.3) is 5.91 Å². The van der Waals surface area contributed by atoms with Crippen molar-refractivity contribution in [2.75, 3.05) is 13.7 Å². The fraction of sp³-hybridized carbons (Fsp3) is 0.400. The van der Waals surface area contributed by atoms with Gasteiger partial charge in [-0.3, -0.25) is 9.48 Å². The lowest BCUT2D eigenvalue weighted by molar-refractivity contribution is 0.0930. The van der Waals surface area contributed by atoms with Gasteiger partial charge in [0.1, 0.15) is 5.69 Å². The second-order valence-corrected chi connectivity index (χ2v) is 6.80. The van der Waals surface area contributed by atoms with Gasteiger partial charge in [-0.1, -0.05) is 24.2 Å².